The van der Waals surface area contributed by atoms with Crippen molar-refractivity contribution in [2.45, 2.75) is 32.9 Å². The van der Waals surface area contributed by atoms with Crippen LogP contribution in [0.2, 0.25) is 0 Å². The molecule has 12 nitrogen and oxygen atoms in total. The van der Waals surface area contributed by atoms with Crippen LogP contribution in [0.1, 0.15) is 25.8 Å². The number of sulfonamides is 2. The van der Waals surface area contributed by atoms with Crippen LogP contribution in [0.3, 0.4) is 0 Å². The normalized spacial score (nSPS) is 15.0. The van der Waals surface area contributed by atoms with E-state index in [9.17, 15) is 31.1 Å². The first-order valence-corrected chi connectivity index (χ1v) is 15.3. The molecule has 0 fully saturated rings. The van der Waals surface area contributed by atoms with Crippen LogP contribution in [-0.2, 0) is 35.7 Å². The Hall–Kier alpha value is -1.41. The number of rotatable bonds is 12. The molecule has 0 aliphatic rings. The topological polar surface area (TPSA) is 151 Å². The van der Waals surface area contributed by atoms with Gasteiger partial charge in [-0.1, -0.05) is 23.5 Å². The highest BCUT2D eigenvalue weighted by atomic mass is 35.5. The molecule has 0 saturated carbocycles. The quantitative estimate of drug-likeness (QED) is 0.235. The van der Waals surface area contributed by atoms with Crippen molar-refractivity contribution in [1.82, 2.24) is 13.7 Å². The molecule has 190 valence electrons. The van der Waals surface area contributed by atoms with Gasteiger partial charge in [0, 0.05) is 26.0 Å². The summed E-state index contributed by atoms with van der Waals surface area (Å²) in [5.74, 6) is -0.197. The molecule has 0 bridgehead atoms. The van der Waals surface area contributed by atoms with Gasteiger partial charge in [0.25, 0.3) is 10.0 Å². The van der Waals surface area contributed by atoms with E-state index >= 15 is 0 Å². The van der Waals surface area contributed by atoms with E-state index < -0.39 is 46.5 Å². The minimum absolute atomic E-state index is 0.0463. The molecule has 0 saturated heterocycles. The number of phosphoric ester groups is 1. The molecule has 16 heteroatoms. The second-order valence-corrected chi connectivity index (χ2v) is 12.6. The average molecular weight is 550 g/mol. The fraction of sp³-hybridized carbons (Fsp3) is 0.588. The Bertz CT molecular complexity index is 1070. The molecule has 0 radical (unpaired) electrons. The van der Waals surface area contributed by atoms with Gasteiger partial charge in [0.1, 0.15) is 5.75 Å². The summed E-state index contributed by atoms with van der Waals surface area (Å²) in [6, 6.07) is 4.61. The fourth-order valence-corrected chi connectivity index (χ4v) is 6.09. The van der Waals surface area contributed by atoms with E-state index in [2.05, 4.69) is 0 Å². The largest absolute Gasteiger partial charge is 0.527 e. The van der Waals surface area contributed by atoms with Gasteiger partial charge in [0.15, 0.2) is 0 Å². The number of halogens is 1. The Kier molecular flexibility index (Phi) is 10.6. The molecule has 0 aliphatic heterocycles. The van der Waals surface area contributed by atoms with Crippen molar-refractivity contribution in [2.75, 3.05) is 32.0 Å². The summed E-state index contributed by atoms with van der Waals surface area (Å²) < 4.78 is 71.0. The number of nitrogens with zero attached hydrogens (tertiary/aromatic N) is 3. The summed E-state index contributed by atoms with van der Waals surface area (Å²) in [4.78, 5) is 23.6. The lowest BCUT2D eigenvalue weighted by molar-refractivity contribution is 0.133. The molecule has 1 aromatic rings. The predicted octanol–water partition coefficient (Wildman–Crippen LogP) is 2.21. The third-order valence-corrected chi connectivity index (χ3v) is 7.55. The highest BCUT2D eigenvalue weighted by Crippen LogP contribution is 2.45. The third kappa shape index (κ3) is 9.39. The molecule has 2 unspecified atom stereocenters. The van der Waals surface area contributed by atoms with Gasteiger partial charge in [-0.25, -0.2) is 26.2 Å². The molecule has 0 heterocycles. The van der Waals surface area contributed by atoms with Crippen molar-refractivity contribution in [3.05, 3.63) is 29.8 Å². The number of hydrogen-bond acceptors (Lipinski definition) is 8. The number of hydrazine groups is 1. The summed E-state index contributed by atoms with van der Waals surface area (Å²) in [7, 11) is -11.5. The summed E-state index contributed by atoms with van der Waals surface area (Å²) in [6.07, 6.45) is 1.49. The number of phosphoric acid groups is 1. The first-order chi connectivity index (χ1) is 15.0. The molecule has 1 aromatic carbocycles. The molecule has 2 atom stereocenters. The van der Waals surface area contributed by atoms with Crippen LogP contribution in [0.25, 0.3) is 0 Å². The molecule has 0 aromatic heterocycles. The minimum Gasteiger partial charge on any atom is -0.404 e. The van der Waals surface area contributed by atoms with Crippen LogP contribution >= 0.6 is 19.4 Å². The number of carbonyl (C=O) groups excluding carboxylic acids is 1. The number of carbonyl (C=O) groups is 1. The first kappa shape index (κ1) is 29.6. The second-order valence-electron chi connectivity index (χ2n) is 7.17. The van der Waals surface area contributed by atoms with E-state index in [1.807, 2.05) is 0 Å². The fourth-order valence-electron chi connectivity index (χ4n) is 2.47. The van der Waals surface area contributed by atoms with Crippen LogP contribution in [0.4, 0.5) is 4.79 Å². The van der Waals surface area contributed by atoms with Crippen molar-refractivity contribution in [1.29, 1.82) is 0 Å². The lowest BCUT2D eigenvalue weighted by atomic mass is 10.2. The van der Waals surface area contributed by atoms with E-state index in [0.717, 1.165) is 11.2 Å². The number of alkyl halides is 1. The molecule has 1 N–H and O–H groups in total. The first-order valence-electron chi connectivity index (χ1n) is 9.60. The van der Waals surface area contributed by atoms with Gasteiger partial charge in [0.05, 0.1) is 18.6 Å². The number of benzene rings is 1. The average Bonchev–Trinajstić information content (AvgIpc) is 2.66. The highest BCUT2D eigenvalue weighted by Gasteiger charge is 2.37. The minimum atomic E-state index is -4.32. The van der Waals surface area contributed by atoms with Gasteiger partial charge >= 0.3 is 13.9 Å². The van der Waals surface area contributed by atoms with Crippen molar-refractivity contribution < 1.29 is 40.1 Å². The van der Waals surface area contributed by atoms with Gasteiger partial charge in [-0.3, -0.25) is 9.42 Å². The van der Waals surface area contributed by atoms with E-state index in [-0.39, 0.29) is 22.6 Å². The number of urea groups is 1. The summed E-state index contributed by atoms with van der Waals surface area (Å²) in [5.41, 5.74) is 0.505. The van der Waals surface area contributed by atoms with E-state index in [4.69, 9.17) is 20.6 Å². The van der Waals surface area contributed by atoms with E-state index in [1.54, 1.807) is 13.8 Å². The standard InChI is InChI=1S/C17H29ClN3O9PS2/c1-6-14(2)29-31(23,24)30-16-9-7-15(8-10-16)13-19(3)17(22)21(33(5,27)28)20(12-11-18)32(4,25)26/h7-10,14H,6,11-13H2,1-5H3,(H,23,24). The van der Waals surface area contributed by atoms with Gasteiger partial charge in [-0.2, -0.15) is 0 Å². The maximum Gasteiger partial charge on any atom is 0.527 e. The maximum atomic E-state index is 12.9. The van der Waals surface area contributed by atoms with Crippen molar-refractivity contribution in [3.8, 4) is 5.75 Å². The zero-order valence-electron chi connectivity index (χ0n) is 18.9. The van der Waals surface area contributed by atoms with Gasteiger partial charge in [-0.05, 0) is 31.0 Å². The van der Waals surface area contributed by atoms with E-state index in [0.29, 0.717) is 22.7 Å². The van der Waals surface area contributed by atoms with Crippen LogP contribution in [-0.4, -0.2) is 79.6 Å². The molecule has 0 aliphatic carbocycles. The van der Waals surface area contributed by atoms with Gasteiger partial charge < -0.3 is 9.42 Å². The second kappa shape index (κ2) is 11.8. The zero-order valence-corrected chi connectivity index (χ0v) is 22.2. The summed E-state index contributed by atoms with van der Waals surface area (Å²) in [6.45, 7) is 2.87. The Morgan fingerprint density at radius 2 is 1.70 bits per heavy atom. The highest BCUT2D eigenvalue weighted by molar-refractivity contribution is 7.91. The Morgan fingerprint density at radius 1 is 1.15 bits per heavy atom. The Morgan fingerprint density at radius 3 is 2.12 bits per heavy atom. The van der Waals surface area contributed by atoms with E-state index in [1.165, 1.54) is 31.3 Å². The van der Waals surface area contributed by atoms with Gasteiger partial charge in [0.2, 0.25) is 10.0 Å². The third-order valence-electron chi connectivity index (χ3n) is 4.12. The van der Waals surface area contributed by atoms with Crippen molar-refractivity contribution in [2.24, 2.45) is 0 Å². The monoisotopic (exact) mass is 549 g/mol. The lowest BCUT2D eigenvalue weighted by Crippen LogP contribution is -2.55. The van der Waals surface area contributed by atoms with Crippen LogP contribution in [0.15, 0.2) is 24.3 Å². The summed E-state index contributed by atoms with van der Waals surface area (Å²) >= 11 is 5.60. The number of hydrogen-bond donors (Lipinski definition) is 1. The Labute approximate surface area is 199 Å². The molecular weight excluding hydrogens is 521 g/mol. The SMILES string of the molecule is CCC(C)OP(=O)(O)Oc1ccc(CN(C)C(=O)N(N(CCCl)S(C)(=O)=O)S(C)(=O)=O)cc1. The van der Waals surface area contributed by atoms with Crippen molar-refractivity contribution in [3.63, 3.8) is 0 Å². The zero-order chi connectivity index (χ0) is 25.6. The van der Waals surface area contributed by atoms with Crippen LogP contribution in [0, 0.1) is 0 Å². The van der Waals surface area contributed by atoms with Crippen LogP contribution in [0.5, 0.6) is 5.75 Å². The maximum absolute atomic E-state index is 12.9. The lowest BCUT2D eigenvalue weighted by Gasteiger charge is -2.33. The molecule has 0 spiro atoms. The smallest absolute Gasteiger partial charge is 0.404 e. The Balaban J connectivity index is 3.03. The van der Waals surface area contributed by atoms with Crippen LogP contribution < -0.4 is 4.52 Å². The summed E-state index contributed by atoms with van der Waals surface area (Å²) in [5, 5.41) is 0. The van der Waals surface area contributed by atoms with Crippen molar-refractivity contribution >= 4 is 45.5 Å². The molecule has 1 rings (SSSR count). The molecular formula is C17H29ClN3O9PS2. The molecule has 33 heavy (non-hydrogen) atoms. The predicted molar refractivity (Wildman–Crippen MR) is 124 cm³/mol. The number of amides is 2. The van der Waals surface area contributed by atoms with Gasteiger partial charge in [-0.15, -0.1) is 16.0 Å². The molecule has 2 amide bonds.